The lowest BCUT2D eigenvalue weighted by Crippen LogP contribution is -2.12. The second-order valence-corrected chi connectivity index (χ2v) is 4.89. The zero-order chi connectivity index (χ0) is 14.9. The van der Waals surface area contributed by atoms with Crippen molar-refractivity contribution < 1.29 is 19.4 Å². The fraction of sp³-hybridized carbons (Fsp3) is 0.0714. The lowest BCUT2D eigenvalue weighted by atomic mass is 9.95. The molecule has 20 heavy (non-hydrogen) atoms. The van der Waals surface area contributed by atoms with E-state index in [4.69, 9.17) is 28.3 Å². The Balaban J connectivity index is 2.66. The number of aliphatic carboxylic acids is 1. The Morgan fingerprint density at radius 3 is 2.45 bits per heavy atom. The van der Waals surface area contributed by atoms with E-state index < -0.39 is 17.9 Å². The maximum atomic E-state index is 14.0. The van der Waals surface area contributed by atoms with Crippen LogP contribution in [0.5, 0.6) is 0 Å². The van der Waals surface area contributed by atoms with Crippen LogP contribution in [0, 0.1) is 5.82 Å². The summed E-state index contributed by atoms with van der Waals surface area (Å²) in [5.74, 6) is -2.11. The molecule has 0 amide bonds. The monoisotopic (exact) mass is 314 g/mol. The van der Waals surface area contributed by atoms with Crippen LogP contribution < -0.4 is 0 Å². The van der Waals surface area contributed by atoms with Gasteiger partial charge in [-0.1, -0.05) is 41.4 Å². The van der Waals surface area contributed by atoms with Gasteiger partial charge < -0.3 is 10.2 Å². The average molecular weight is 315 g/mol. The highest BCUT2D eigenvalue weighted by Gasteiger charge is 2.22. The number of rotatable bonds is 3. The molecule has 0 bridgehead atoms. The summed E-state index contributed by atoms with van der Waals surface area (Å²) < 4.78 is 14.0. The van der Waals surface area contributed by atoms with Crippen LogP contribution in [0.3, 0.4) is 0 Å². The molecular formula is C14H9Cl2FO3. The van der Waals surface area contributed by atoms with Crippen LogP contribution in [-0.2, 0) is 4.79 Å². The van der Waals surface area contributed by atoms with Gasteiger partial charge in [0.15, 0.2) is 6.10 Å². The van der Waals surface area contributed by atoms with E-state index >= 15 is 0 Å². The Morgan fingerprint density at radius 2 is 1.85 bits per heavy atom. The lowest BCUT2D eigenvalue weighted by Gasteiger charge is -2.14. The van der Waals surface area contributed by atoms with E-state index in [0.29, 0.717) is 10.6 Å². The third-order valence-corrected chi connectivity index (χ3v) is 3.52. The molecule has 104 valence electrons. The molecule has 0 aliphatic carbocycles. The minimum absolute atomic E-state index is 0.0130. The van der Waals surface area contributed by atoms with Gasteiger partial charge in [-0.15, -0.1) is 0 Å². The standard InChI is InChI=1S/C14H9Cl2FO3/c15-9-5-4-7(6-10(9)16)12-8(13(18)14(19)20)2-1-3-11(12)17/h1-6,13,18H,(H,19,20). The van der Waals surface area contributed by atoms with Gasteiger partial charge in [-0.05, 0) is 23.8 Å². The third kappa shape index (κ3) is 2.77. The summed E-state index contributed by atoms with van der Waals surface area (Å²) >= 11 is 11.7. The molecule has 0 aliphatic heterocycles. The largest absolute Gasteiger partial charge is 0.479 e. The Morgan fingerprint density at radius 1 is 1.15 bits per heavy atom. The minimum Gasteiger partial charge on any atom is -0.479 e. The van der Waals surface area contributed by atoms with Gasteiger partial charge in [-0.25, -0.2) is 9.18 Å². The van der Waals surface area contributed by atoms with E-state index in [0.717, 1.165) is 0 Å². The van der Waals surface area contributed by atoms with Crippen molar-refractivity contribution in [3.05, 3.63) is 57.8 Å². The summed E-state index contributed by atoms with van der Waals surface area (Å²) in [6.45, 7) is 0. The van der Waals surface area contributed by atoms with Gasteiger partial charge in [0.05, 0.1) is 10.0 Å². The van der Waals surface area contributed by atoms with Gasteiger partial charge in [0.2, 0.25) is 0 Å². The molecule has 3 nitrogen and oxygen atoms in total. The SMILES string of the molecule is O=C(O)C(O)c1cccc(F)c1-c1ccc(Cl)c(Cl)c1. The maximum absolute atomic E-state index is 14.0. The number of aliphatic hydroxyl groups excluding tert-OH is 1. The molecule has 2 N–H and O–H groups in total. The van der Waals surface area contributed by atoms with E-state index in [9.17, 15) is 14.3 Å². The average Bonchev–Trinajstić information content (AvgIpc) is 2.41. The third-order valence-electron chi connectivity index (χ3n) is 2.78. The van der Waals surface area contributed by atoms with E-state index in [-0.39, 0.29) is 16.1 Å². The van der Waals surface area contributed by atoms with Crippen LogP contribution in [0.25, 0.3) is 11.1 Å². The second kappa shape index (κ2) is 5.79. The van der Waals surface area contributed by atoms with Gasteiger partial charge in [0.25, 0.3) is 0 Å². The number of carboxylic acid groups (broad SMARTS) is 1. The number of halogens is 3. The first kappa shape index (κ1) is 14.8. The minimum atomic E-state index is -1.82. The molecule has 6 heteroatoms. The molecule has 1 unspecified atom stereocenters. The van der Waals surface area contributed by atoms with Crippen molar-refractivity contribution in [1.29, 1.82) is 0 Å². The van der Waals surface area contributed by atoms with Crippen molar-refractivity contribution in [2.45, 2.75) is 6.10 Å². The van der Waals surface area contributed by atoms with E-state index in [1.165, 1.54) is 36.4 Å². The van der Waals surface area contributed by atoms with Crippen LogP contribution in [-0.4, -0.2) is 16.2 Å². The Hall–Kier alpha value is -1.62. The van der Waals surface area contributed by atoms with Gasteiger partial charge in [-0.2, -0.15) is 0 Å². The summed E-state index contributed by atoms with van der Waals surface area (Å²) in [7, 11) is 0. The molecule has 0 saturated carbocycles. The smallest absolute Gasteiger partial charge is 0.337 e. The fourth-order valence-corrected chi connectivity index (χ4v) is 2.16. The van der Waals surface area contributed by atoms with E-state index in [1.54, 1.807) is 0 Å². The van der Waals surface area contributed by atoms with Crippen molar-refractivity contribution in [3.63, 3.8) is 0 Å². The lowest BCUT2D eigenvalue weighted by molar-refractivity contribution is -0.146. The zero-order valence-corrected chi connectivity index (χ0v) is 11.5. The van der Waals surface area contributed by atoms with Crippen LogP contribution >= 0.6 is 23.2 Å². The molecular weight excluding hydrogens is 306 g/mol. The first-order valence-electron chi connectivity index (χ1n) is 5.56. The van der Waals surface area contributed by atoms with Crippen LogP contribution in [0.2, 0.25) is 10.0 Å². The van der Waals surface area contributed by atoms with E-state index in [1.807, 2.05) is 0 Å². The summed E-state index contributed by atoms with van der Waals surface area (Å²) in [5, 5.41) is 19.0. The molecule has 0 radical (unpaired) electrons. The molecule has 0 spiro atoms. The number of carbonyl (C=O) groups is 1. The van der Waals surface area contributed by atoms with Crippen molar-refractivity contribution in [1.82, 2.24) is 0 Å². The first-order chi connectivity index (χ1) is 9.41. The summed E-state index contributed by atoms with van der Waals surface area (Å²) in [4.78, 5) is 10.9. The van der Waals surface area contributed by atoms with Crippen molar-refractivity contribution >= 4 is 29.2 Å². The number of carboxylic acids is 1. The quantitative estimate of drug-likeness (QED) is 0.902. The number of hydrogen-bond donors (Lipinski definition) is 2. The predicted molar refractivity (Wildman–Crippen MR) is 74.5 cm³/mol. The van der Waals surface area contributed by atoms with Crippen molar-refractivity contribution in [3.8, 4) is 11.1 Å². The highest BCUT2D eigenvalue weighted by molar-refractivity contribution is 6.42. The molecule has 1 atom stereocenters. The highest BCUT2D eigenvalue weighted by Crippen LogP contribution is 2.34. The molecule has 2 aromatic carbocycles. The van der Waals surface area contributed by atoms with Crippen LogP contribution in [0.4, 0.5) is 4.39 Å². The number of benzene rings is 2. The number of aliphatic hydroxyl groups is 1. The van der Waals surface area contributed by atoms with Gasteiger partial charge >= 0.3 is 5.97 Å². The fourth-order valence-electron chi connectivity index (χ4n) is 1.86. The normalized spacial score (nSPS) is 12.2. The highest BCUT2D eigenvalue weighted by atomic mass is 35.5. The Kier molecular flexibility index (Phi) is 4.28. The molecule has 0 aliphatic rings. The molecule has 0 aromatic heterocycles. The Bertz CT molecular complexity index is 673. The van der Waals surface area contributed by atoms with Crippen LogP contribution in [0.15, 0.2) is 36.4 Å². The molecule has 2 rings (SSSR count). The second-order valence-electron chi connectivity index (χ2n) is 4.07. The van der Waals surface area contributed by atoms with Gasteiger partial charge in [0.1, 0.15) is 5.82 Å². The van der Waals surface area contributed by atoms with Gasteiger partial charge in [-0.3, -0.25) is 0 Å². The number of hydrogen-bond acceptors (Lipinski definition) is 2. The molecule has 0 heterocycles. The molecule has 0 saturated heterocycles. The van der Waals surface area contributed by atoms with Crippen LogP contribution in [0.1, 0.15) is 11.7 Å². The predicted octanol–water partition coefficient (Wildman–Crippen LogP) is 3.92. The summed E-state index contributed by atoms with van der Waals surface area (Å²) in [5.41, 5.74) is 0.282. The maximum Gasteiger partial charge on any atom is 0.337 e. The topological polar surface area (TPSA) is 57.5 Å². The van der Waals surface area contributed by atoms with E-state index in [2.05, 4.69) is 0 Å². The van der Waals surface area contributed by atoms with Gasteiger partial charge in [0, 0.05) is 11.1 Å². The molecule has 0 fully saturated rings. The summed E-state index contributed by atoms with van der Waals surface area (Å²) in [6, 6.07) is 8.25. The zero-order valence-electron chi connectivity index (χ0n) is 9.98. The molecule has 2 aromatic rings. The van der Waals surface area contributed by atoms with Crippen molar-refractivity contribution in [2.75, 3.05) is 0 Å². The summed E-state index contributed by atoms with van der Waals surface area (Å²) in [6.07, 6.45) is -1.82. The first-order valence-corrected chi connectivity index (χ1v) is 6.32. The Labute approximate surface area is 124 Å². The van der Waals surface area contributed by atoms with Crippen molar-refractivity contribution in [2.24, 2.45) is 0 Å².